The van der Waals surface area contributed by atoms with Crippen LogP contribution in [0.25, 0.3) is 0 Å². The molecular weight excluding hydrogens is 371 g/mol. The van der Waals surface area contributed by atoms with Gasteiger partial charge < -0.3 is 15.5 Å². The molecule has 2 atom stereocenters. The fraction of sp³-hybridized carbons (Fsp3) is 0.684. The molecule has 1 amide bonds. The second kappa shape index (κ2) is 8.32. The van der Waals surface area contributed by atoms with E-state index >= 15 is 0 Å². The zero-order valence-electron chi connectivity index (χ0n) is 15.0. The number of fused-ring (bicyclic) bond motifs is 2. The normalized spacial score (nSPS) is 31.3. The summed E-state index contributed by atoms with van der Waals surface area (Å²) >= 11 is 6.25. The first-order valence-electron chi connectivity index (χ1n) is 9.53. The first-order valence-corrected chi connectivity index (χ1v) is 9.91. The van der Waals surface area contributed by atoms with E-state index < -0.39 is 0 Å². The number of nitrogens with two attached hydrogens (primary N) is 1. The van der Waals surface area contributed by atoms with Crippen LogP contribution in [0.2, 0.25) is 5.02 Å². The lowest BCUT2D eigenvalue weighted by molar-refractivity contribution is -0.138. The molecule has 0 spiro atoms. The number of rotatable bonds is 2. The van der Waals surface area contributed by atoms with Gasteiger partial charge in [-0.15, -0.1) is 12.4 Å². The van der Waals surface area contributed by atoms with Crippen molar-refractivity contribution in [3.8, 4) is 0 Å². The summed E-state index contributed by atoms with van der Waals surface area (Å²) in [4.78, 5) is 21.6. The predicted octanol–water partition coefficient (Wildman–Crippen LogP) is 2.96. The quantitative estimate of drug-likeness (QED) is 0.831. The smallest absolute Gasteiger partial charge is 0.225 e. The van der Waals surface area contributed by atoms with Gasteiger partial charge in [0.2, 0.25) is 5.91 Å². The molecule has 26 heavy (non-hydrogen) atoms. The maximum absolute atomic E-state index is 13.0. The molecule has 1 saturated heterocycles. The summed E-state index contributed by atoms with van der Waals surface area (Å²) < 4.78 is 0. The molecule has 5 nitrogen and oxygen atoms in total. The molecule has 1 aromatic heterocycles. The van der Waals surface area contributed by atoms with Crippen LogP contribution in [0.1, 0.15) is 32.1 Å². The highest BCUT2D eigenvalue weighted by molar-refractivity contribution is 6.32. The third-order valence-electron chi connectivity index (χ3n) is 6.39. The number of carbonyl (C=O) groups excluding carboxylic acids is 1. The van der Waals surface area contributed by atoms with Gasteiger partial charge >= 0.3 is 0 Å². The standard InChI is InChI=1S/C19H27ClN4O.ClH/c20-16-5-2-6-22-18(16)23-7-9-24(10-8-23)19(25)15-11-13-3-1-4-14(12-15)17(13)21;/h2,5-6,13-15,17H,1,3-4,7-12,21H2;1H. The highest BCUT2D eigenvalue weighted by Crippen LogP contribution is 2.42. The summed E-state index contributed by atoms with van der Waals surface area (Å²) in [5.74, 6) is 2.45. The van der Waals surface area contributed by atoms with Crippen LogP contribution in [0.3, 0.4) is 0 Å². The number of hydrogen-bond acceptors (Lipinski definition) is 4. The Morgan fingerprint density at radius 2 is 1.81 bits per heavy atom. The topological polar surface area (TPSA) is 62.5 Å². The van der Waals surface area contributed by atoms with Crippen molar-refractivity contribution in [2.75, 3.05) is 31.1 Å². The average Bonchev–Trinajstić information content (AvgIpc) is 2.61. The number of aromatic nitrogens is 1. The SMILES string of the molecule is Cl.NC1C2CCCC1CC(C(=O)N1CCN(c3ncccc3Cl)CC1)C2. The van der Waals surface area contributed by atoms with E-state index in [2.05, 4.69) is 9.88 Å². The monoisotopic (exact) mass is 398 g/mol. The van der Waals surface area contributed by atoms with Crippen LogP contribution in [0.4, 0.5) is 5.82 Å². The predicted molar refractivity (Wildman–Crippen MR) is 107 cm³/mol. The number of nitrogens with zero attached hydrogens (tertiary/aromatic N) is 3. The number of halogens is 2. The van der Waals surface area contributed by atoms with Gasteiger partial charge in [-0.1, -0.05) is 18.0 Å². The Morgan fingerprint density at radius 3 is 2.42 bits per heavy atom. The van der Waals surface area contributed by atoms with Crippen molar-refractivity contribution in [3.05, 3.63) is 23.4 Å². The van der Waals surface area contributed by atoms with Crippen molar-refractivity contribution in [1.29, 1.82) is 0 Å². The molecule has 1 aromatic rings. The Labute approximate surface area is 166 Å². The minimum atomic E-state index is 0. The van der Waals surface area contributed by atoms with Crippen LogP contribution in [0.15, 0.2) is 18.3 Å². The van der Waals surface area contributed by atoms with Gasteiger partial charge in [-0.3, -0.25) is 4.79 Å². The van der Waals surface area contributed by atoms with Gasteiger partial charge in [0.05, 0.1) is 5.02 Å². The fourth-order valence-corrected chi connectivity index (χ4v) is 5.24. The minimum Gasteiger partial charge on any atom is -0.352 e. The Hall–Kier alpha value is -1.04. The maximum atomic E-state index is 13.0. The highest BCUT2D eigenvalue weighted by atomic mass is 35.5. The van der Waals surface area contributed by atoms with Crippen molar-refractivity contribution in [2.24, 2.45) is 23.5 Å². The van der Waals surface area contributed by atoms with Gasteiger partial charge in [0, 0.05) is 44.3 Å². The minimum absolute atomic E-state index is 0. The van der Waals surface area contributed by atoms with E-state index in [1.807, 2.05) is 17.0 Å². The van der Waals surface area contributed by atoms with Gasteiger partial charge in [0.1, 0.15) is 5.82 Å². The molecule has 2 saturated carbocycles. The molecule has 2 heterocycles. The summed E-state index contributed by atoms with van der Waals surface area (Å²) in [6.07, 6.45) is 7.43. The first kappa shape index (κ1) is 19.7. The molecule has 2 unspecified atom stereocenters. The third kappa shape index (κ3) is 3.80. The van der Waals surface area contributed by atoms with E-state index in [0.717, 1.165) is 44.8 Å². The molecular formula is C19H28Cl2N4O. The van der Waals surface area contributed by atoms with Crippen molar-refractivity contribution in [3.63, 3.8) is 0 Å². The molecule has 144 valence electrons. The Kier molecular flexibility index (Phi) is 6.31. The van der Waals surface area contributed by atoms with Gasteiger partial charge in [-0.25, -0.2) is 4.98 Å². The second-order valence-electron chi connectivity index (χ2n) is 7.82. The number of hydrogen-bond donors (Lipinski definition) is 1. The third-order valence-corrected chi connectivity index (χ3v) is 6.69. The molecule has 7 heteroatoms. The molecule has 2 bridgehead atoms. The van der Waals surface area contributed by atoms with Crippen molar-refractivity contribution < 1.29 is 4.79 Å². The molecule has 0 radical (unpaired) electrons. The Morgan fingerprint density at radius 1 is 1.15 bits per heavy atom. The molecule has 0 aromatic carbocycles. The Bertz CT molecular complexity index is 622. The first-order chi connectivity index (χ1) is 12.1. The lowest BCUT2D eigenvalue weighted by Gasteiger charge is -2.45. The summed E-state index contributed by atoms with van der Waals surface area (Å²) in [5, 5.41) is 0.677. The zero-order valence-corrected chi connectivity index (χ0v) is 16.6. The van der Waals surface area contributed by atoms with Crippen LogP contribution in [-0.4, -0.2) is 48.0 Å². The van der Waals surface area contributed by atoms with Crippen molar-refractivity contribution in [2.45, 2.75) is 38.1 Å². The van der Waals surface area contributed by atoms with Crippen LogP contribution < -0.4 is 10.6 Å². The number of pyridine rings is 1. The van der Waals surface area contributed by atoms with Crippen molar-refractivity contribution in [1.82, 2.24) is 9.88 Å². The maximum Gasteiger partial charge on any atom is 0.225 e. The molecule has 2 aliphatic carbocycles. The summed E-state index contributed by atoms with van der Waals surface area (Å²) in [6, 6.07) is 4.03. The lowest BCUT2D eigenvalue weighted by Crippen LogP contribution is -2.53. The van der Waals surface area contributed by atoms with Crippen LogP contribution >= 0.6 is 24.0 Å². The van der Waals surface area contributed by atoms with Gasteiger partial charge in [0.15, 0.2) is 0 Å². The van der Waals surface area contributed by atoms with Gasteiger partial charge in [-0.05, 0) is 49.7 Å². The fourth-order valence-electron chi connectivity index (χ4n) is 5.00. The van der Waals surface area contributed by atoms with E-state index in [-0.39, 0.29) is 18.3 Å². The number of piperazine rings is 1. The Balaban J connectivity index is 0.00000196. The van der Waals surface area contributed by atoms with Gasteiger partial charge in [-0.2, -0.15) is 0 Å². The molecule has 2 N–H and O–H groups in total. The molecule has 3 fully saturated rings. The average molecular weight is 399 g/mol. The second-order valence-corrected chi connectivity index (χ2v) is 8.23. The highest BCUT2D eigenvalue weighted by Gasteiger charge is 2.41. The molecule has 3 aliphatic rings. The lowest BCUT2D eigenvalue weighted by atomic mass is 9.65. The summed E-state index contributed by atoms with van der Waals surface area (Å²) in [7, 11) is 0. The van der Waals surface area contributed by atoms with E-state index in [0.29, 0.717) is 28.8 Å². The van der Waals surface area contributed by atoms with E-state index in [1.54, 1.807) is 6.20 Å². The van der Waals surface area contributed by atoms with E-state index in [9.17, 15) is 4.79 Å². The summed E-state index contributed by atoms with van der Waals surface area (Å²) in [6.45, 7) is 3.09. The largest absolute Gasteiger partial charge is 0.352 e. The zero-order chi connectivity index (χ0) is 17.4. The molecule has 4 rings (SSSR count). The summed E-state index contributed by atoms with van der Waals surface area (Å²) in [5.41, 5.74) is 6.37. The number of carbonyl (C=O) groups is 1. The van der Waals surface area contributed by atoms with E-state index in [1.165, 1.54) is 19.3 Å². The number of amides is 1. The van der Waals surface area contributed by atoms with Crippen LogP contribution in [0.5, 0.6) is 0 Å². The van der Waals surface area contributed by atoms with Gasteiger partial charge in [0.25, 0.3) is 0 Å². The van der Waals surface area contributed by atoms with Crippen molar-refractivity contribution >= 4 is 35.7 Å². The molecule has 1 aliphatic heterocycles. The van der Waals surface area contributed by atoms with Crippen LogP contribution in [0, 0.1) is 17.8 Å². The number of anilines is 1. The van der Waals surface area contributed by atoms with E-state index in [4.69, 9.17) is 17.3 Å². The van der Waals surface area contributed by atoms with Crippen LogP contribution in [-0.2, 0) is 4.79 Å².